The number of nitrogens with one attached hydrogen (secondary N) is 2. The van der Waals surface area contributed by atoms with Crippen molar-refractivity contribution in [3.63, 3.8) is 0 Å². The van der Waals surface area contributed by atoms with E-state index >= 15 is 0 Å². The molecule has 2 N–H and O–H groups in total. The van der Waals surface area contributed by atoms with Gasteiger partial charge >= 0.3 is 0 Å². The van der Waals surface area contributed by atoms with Crippen LogP contribution in [-0.4, -0.2) is 44.7 Å². The first-order valence-electron chi connectivity index (χ1n) is 14.4. The van der Waals surface area contributed by atoms with Crippen LogP contribution >= 0.6 is 0 Å². The van der Waals surface area contributed by atoms with E-state index in [0.717, 1.165) is 42.8 Å². The zero-order valence-corrected chi connectivity index (χ0v) is 24.7. The maximum atomic E-state index is 13.3. The molecule has 1 heterocycles. The highest BCUT2D eigenvalue weighted by atomic mass is 32.2. The fourth-order valence-electron chi connectivity index (χ4n) is 5.87. The molecule has 0 radical (unpaired) electrons. The van der Waals surface area contributed by atoms with Crippen molar-refractivity contribution in [2.45, 2.75) is 83.2 Å². The molecule has 0 saturated heterocycles. The number of fused-ring (bicyclic) bond motifs is 1. The highest BCUT2D eigenvalue weighted by molar-refractivity contribution is 7.90. The van der Waals surface area contributed by atoms with Gasteiger partial charge in [0.15, 0.2) is 0 Å². The fraction of sp³-hybridized carbons (Fsp3) is 0.581. The lowest BCUT2D eigenvalue weighted by molar-refractivity contribution is -0.122. The summed E-state index contributed by atoms with van der Waals surface area (Å²) in [6.45, 7) is 8.98. The van der Waals surface area contributed by atoms with Gasteiger partial charge in [0.25, 0.3) is 0 Å². The molecule has 214 valence electrons. The minimum atomic E-state index is -3.56. The van der Waals surface area contributed by atoms with Crippen molar-refractivity contribution in [3.05, 3.63) is 65.2 Å². The van der Waals surface area contributed by atoms with Gasteiger partial charge in [-0.3, -0.25) is 4.79 Å². The predicted octanol–water partition coefficient (Wildman–Crippen LogP) is 5.34. The van der Waals surface area contributed by atoms with Crippen molar-refractivity contribution in [2.24, 2.45) is 11.8 Å². The van der Waals surface area contributed by atoms with Gasteiger partial charge in [-0.25, -0.2) is 13.1 Å². The molecule has 1 aliphatic heterocycles. The quantitative estimate of drug-likeness (QED) is 0.391. The monoisotopic (exact) mass is 555 g/mol. The largest absolute Gasteiger partial charge is 0.493 e. The molecule has 1 fully saturated rings. The molecule has 2 unspecified atom stereocenters. The Labute approximate surface area is 234 Å². The first kappa shape index (κ1) is 29.6. The van der Waals surface area contributed by atoms with E-state index in [9.17, 15) is 13.2 Å². The maximum absolute atomic E-state index is 13.3. The molecule has 2 atom stereocenters. The second-order valence-electron chi connectivity index (χ2n) is 11.9. The Bertz CT molecular complexity index is 1190. The molecule has 8 heteroatoms. The van der Waals surface area contributed by atoms with Crippen LogP contribution in [-0.2, 0) is 21.4 Å². The molecule has 4 rings (SSSR count). The molecule has 2 aromatic carbocycles. The lowest BCUT2D eigenvalue weighted by Gasteiger charge is -2.30. The first-order chi connectivity index (χ1) is 18.6. The Balaban J connectivity index is 1.44. The van der Waals surface area contributed by atoms with Gasteiger partial charge in [-0.15, -0.1) is 0 Å². The molecule has 39 heavy (non-hydrogen) atoms. The van der Waals surface area contributed by atoms with E-state index in [-0.39, 0.29) is 18.4 Å². The Kier molecular flexibility index (Phi) is 10.1. The van der Waals surface area contributed by atoms with Crippen molar-refractivity contribution >= 4 is 15.9 Å². The number of hydrogen-bond donors (Lipinski definition) is 2. The molecule has 2 aliphatic rings. The number of carbonyl (C=O) groups is 1. The topological polar surface area (TPSA) is 87.7 Å². The smallest absolute Gasteiger partial charge is 0.222 e. The number of sulfonamides is 1. The summed E-state index contributed by atoms with van der Waals surface area (Å²) in [5.74, 6) is 1.79. The Morgan fingerprint density at radius 3 is 2.46 bits per heavy atom. The van der Waals surface area contributed by atoms with Crippen molar-refractivity contribution < 1.29 is 17.9 Å². The fourth-order valence-corrected chi connectivity index (χ4v) is 7.57. The van der Waals surface area contributed by atoms with Gasteiger partial charge in [0.2, 0.25) is 15.9 Å². The molecule has 1 amide bonds. The summed E-state index contributed by atoms with van der Waals surface area (Å²) in [5, 5.41) is 2.76. The molecule has 7 nitrogen and oxygen atoms in total. The van der Waals surface area contributed by atoms with Crippen LogP contribution in [0.2, 0.25) is 0 Å². The molecule has 1 saturated carbocycles. The molecule has 0 aromatic heterocycles. The van der Waals surface area contributed by atoms with Crippen LogP contribution in [0.4, 0.5) is 0 Å². The Morgan fingerprint density at radius 2 is 1.77 bits per heavy atom. The Morgan fingerprint density at radius 1 is 1.05 bits per heavy atom. The summed E-state index contributed by atoms with van der Waals surface area (Å²) in [6, 6.07) is 14.9. The summed E-state index contributed by atoms with van der Waals surface area (Å²) >= 11 is 0. The van der Waals surface area contributed by atoms with E-state index in [4.69, 9.17) is 4.74 Å². The first-order valence-corrected chi connectivity index (χ1v) is 15.9. The number of ether oxygens (including phenoxy) is 1. The minimum Gasteiger partial charge on any atom is -0.493 e. The van der Waals surface area contributed by atoms with Crippen LogP contribution in [0.25, 0.3) is 0 Å². The summed E-state index contributed by atoms with van der Waals surface area (Å²) in [5.41, 5.74) is 2.94. The van der Waals surface area contributed by atoms with Crippen LogP contribution in [0.3, 0.4) is 0 Å². The van der Waals surface area contributed by atoms with Crippen LogP contribution in [0, 0.1) is 11.8 Å². The zero-order valence-electron chi connectivity index (χ0n) is 23.9. The second kappa shape index (κ2) is 13.3. The molecule has 0 spiro atoms. The summed E-state index contributed by atoms with van der Waals surface area (Å²) in [4.78, 5) is 15.6. The van der Waals surface area contributed by atoms with Crippen molar-refractivity contribution in [1.82, 2.24) is 14.9 Å². The van der Waals surface area contributed by atoms with Crippen LogP contribution in [0.1, 0.15) is 88.1 Å². The number of rotatable bonds is 11. The van der Waals surface area contributed by atoms with Gasteiger partial charge in [-0.1, -0.05) is 63.2 Å². The molecular formula is C31H45N3O4S. The number of hydrogen-bond acceptors (Lipinski definition) is 5. The van der Waals surface area contributed by atoms with Crippen LogP contribution in [0.5, 0.6) is 5.75 Å². The van der Waals surface area contributed by atoms with E-state index in [2.05, 4.69) is 61.0 Å². The third-order valence-corrected chi connectivity index (χ3v) is 9.84. The minimum absolute atomic E-state index is 0.0388. The summed E-state index contributed by atoms with van der Waals surface area (Å²) in [7, 11) is -1.44. The third kappa shape index (κ3) is 8.29. The molecule has 1 aliphatic carbocycles. The van der Waals surface area contributed by atoms with E-state index in [1.165, 1.54) is 5.56 Å². The highest BCUT2D eigenvalue weighted by Gasteiger charge is 2.33. The zero-order chi connectivity index (χ0) is 28.0. The van der Waals surface area contributed by atoms with E-state index in [0.29, 0.717) is 37.7 Å². The second-order valence-corrected chi connectivity index (χ2v) is 13.9. The summed E-state index contributed by atoms with van der Waals surface area (Å²) < 4.78 is 35.5. The average molecular weight is 556 g/mol. The number of nitrogens with zero attached hydrogens (tertiary/aromatic N) is 1. The Hall–Kier alpha value is -2.42. The number of carbonyl (C=O) groups excluding carboxylic acids is 1. The average Bonchev–Trinajstić information content (AvgIpc) is 2.88. The standard InChI is InChI=1S/C31H45N3O4S/c1-22(2)20-34(4)21-24-12-15-27-28(16-17-38-30(27)18-24)32-31(35)19-29(25-8-6-5-7-9-25)33-39(36,37)26-13-10-23(3)11-14-26/h5-9,12,15,18,22-23,26,28-29,33H,10-11,13-14,16-17,19-21H2,1-4H3,(H,32,35). The highest BCUT2D eigenvalue weighted by Crippen LogP contribution is 2.34. The molecule has 2 aromatic rings. The third-order valence-electron chi connectivity index (χ3n) is 7.88. The van der Waals surface area contributed by atoms with E-state index in [1.807, 2.05) is 30.3 Å². The number of benzene rings is 2. The van der Waals surface area contributed by atoms with Gasteiger partial charge in [0, 0.05) is 31.5 Å². The van der Waals surface area contributed by atoms with Gasteiger partial charge in [0.1, 0.15) is 5.75 Å². The van der Waals surface area contributed by atoms with Crippen molar-refractivity contribution in [3.8, 4) is 5.75 Å². The molecule has 0 bridgehead atoms. The van der Waals surface area contributed by atoms with Crippen molar-refractivity contribution in [1.29, 1.82) is 0 Å². The summed E-state index contributed by atoms with van der Waals surface area (Å²) in [6.07, 6.45) is 3.88. The number of amides is 1. The van der Waals surface area contributed by atoms with Gasteiger partial charge < -0.3 is 15.0 Å². The van der Waals surface area contributed by atoms with Gasteiger partial charge in [-0.2, -0.15) is 0 Å². The van der Waals surface area contributed by atoms with E-state index in [1.54, 1.807) is 0 Å². The van der Waals surface area contributed by atoms with E-state index < -0.39 is 21.3 Å². The lowest BCUT2D eigenvalue weighted by atomic mass is 9.91. The SMILES string of the molecule is CC(C)CN(C)Cc1ccc2c(c1)OCCC2NC(=O)CC(NS(=O)(=O)C1CCC(C)CC1)c1ccccc1. The van der Waals surface area contributed by atoms with Gasteiger partial charge in [-0.05, 0) is 61.8 Å². The molecular weight excluding hydrogens is 510 g/mol. The van der Waals surface area contributed by atoms with Crippen LogP contribution < -0.4 is 14.8 Å². The normalized spacial score (nSPS) is 22.3. The van der Waals surface area contributed by atoms with Crippen LogP contribution in [0.15, 0.2) is 48.5 Å². The lowest BCUT2D eigenvalue weighted by Crippen LogP contribution is -2.41. The predicted molar refractivity (Wildman–Crippen MR) is 156 cm³/mol. The maximum Gasteiger partial charge on any atom is 0.222 e. The van der Waals surface area contributed by atoms with Gasteiger partial charge in [0.05, 0.1) is 23.9 Å². The van der Waals surface area contributed by atoms with Crippen molar-refractivity contribution in [2.75, 3.05) is 20.2 Å².